The van der Waals surface area contributed by atoms with Crippen molar-refractivity contribution < 1.29 is 8.42 Å². The topological polar surface area (TPSA) is 84.0 Å². The minimum Gasteiger partial charge on any atom is -0.315 e. The number of anilines is 1. The van der Waals surface area contributed by atoms with Crippen molar-refractivity contribution in [2.45, 2.75) is 11.4 Å². The Bertz CT molecular complexity index is 657. The van der Waals surface area contributed by atoms with Gasteiger partial charge in [-0.25, -0.2) is 8.42 Å². The molecule has 0 saturated carbocycles. The molecule has 2 aromatic heterocycles. The zero-order chi connectivity index (χ0) is 13.9. The highest BCUT2D eigenvalue weighted by molar-refractivity contribution is 9.11. The summed E-state index contributed by atoms with van der Waals surface area (Å²) in [5, 5.41) is 10.3. The van der Waals surface area contributed by atoms with Crippen molar-refractivity contribution in [3.05, 3.63) is 33.1 Å². The van der Waals surface area contributed by atoms with E-state index in [1.54, 1.807) is 25.2 Å². The first kappa shape index (κ1) is 14.4. The van der Waals surface area contributed by atoms with Crippen molar-refractivity contribution in [3.8, 4) is 0 Å². The number of halogens is 1. The third-order valence-electron chi connectivity index (χ3n) is 2.16. The van der Waals surface area contributed by atoms with Crippen LogP contribution in [0, 0.1) is 0 Å². The maximum Gasteiger partial charge on any atom is 0.265 e. The molecule has 2 N–H and O–H groups in total. The van der Waals surface area contributed by atoms with Gasteiger partial charge in [-0.3, -0.25) is 4.72 Å². The lowest BCUT2D eigenvalue weighted by atomic mass is 10.5. The van der Waals surface area contributed by atoms with Crippen molar-refractivity contribution in [2.24, 2.45) is 0 Å². The van der Waals surface area contributed by atoms with E-state index in [0.717, 1.165) is 4.88 Å². The number of aromatic nitrogens is 2. The Morgan fingerprint density at radius 1 is 1.47 bits per heavy atom. The van der Waals surface area contributed by atoms with Gasteiger partial charge in [0.25, 0.3) is 10.0 Å². The van der Waals surface area contributed by atoms with Crippen LogP contribution >= 0.6 is 27.3 Å². The lowest BCUT2D eigenvalue weighted by molar-refractivity contribution is 0.601. The number of hydrogen-bond donors (Lipinski definition) is 2. The van der Waals surface area contributed by atoms with Gasteiger partial charge in [-0.05, 0) is 41.2 Å². The average Bonchev–Trinajstić information content (AvgIpc) is 2.72. The highest BCUT2D eigenvalue weighted by Crippen LogP contribution is 2.32. The van der Waals surface area contributed by atoms with Crippen LogP contribution in [0.2, 0.25) is 0 Å². The zero-order valence-electron chi connectivity index (χ0n) is 9.92. The molecule has 0 amide bonds. The number of nitrogens with one attached hydrogen (secondary N) is 2. The first-order valence-corrected chi connectivity index (χ1v) is 8.35. The first-order chi connectivity index (χ1) is 9.03. The molecule has 0 radical (unpaired) electrons. The van der Waals surface area contributed by atoms with Gasteiger partial charge in [-0.2, -0.15) is 5.10 Å². The molecule has 2 rings (SSSR count). The Labute approximate surface area is 123 Å². The fourth-order valence-corrected chi connectivity index (χ4v) is 5.08. The molecule has 0 aliphatic carbocycles. The van der Waals surface area contributed by atoms with Gasteiger partial charge < -0.3 is 5.32 Å². The van der Waals surface area contributed by atoms with Crippen LogP contribution < -0.4 is 10.0 Å². The lowest BCUT2D eigenvalue weighted by Gasteiger charge is -2.04. The molecule has 2 heterocycles. The van der Waals surface area contributed by atoms with Gasteiger partial charge in [0.2, 0.25) is 0 Å². The monoisotopic (exact) mass is 362 g/mol. The molecule has 0 atom stereocenters. The normalized spacial score (nSPS) is 11.5. The zero-order valence-corrected chi connectivity index (χ0v) is 13.1. The van der Waals surface area contributed by atoms with Crippen LogP contribution in [-0.4, -0.2) is 25.7 Å². The minimum atomic E-state index is -3.66. The molecule has 0 fully saturated rings. The van der Waals surface area contributed by atoms with Crippen molar-refractivity contribution in [1.82, 2.24) is 15.5 Å². The highest BCUT2D eigenvalue weighted by atomic mass is 79.9. The molecule has 0 bridgehead atoms. The highest BCUT2D eigenvalue weighted by Gasteiger charge is 2.21. The van der Waals surface area contributed by atoms with Crippen molar-refractivity contribution >= 4 is 43.1 Å². The lowest BCUT2D eigenvalue weighted by Crippen LogP contribution is -2.14. The maximum absolute atomic E-state index is 12.2. The van der Waals surface area contributed by atoms with E-state index in [2.05, 4.69) is 36.2 Å². The second-order valence-electron chi connectivity index (χ2n) is 3.60. The summed E-state index contributed by atoms with van der Waals surface area (Å²) in [6.07, 6.45) is 1.48. The molecule has 102 valence electrons. The van der Waals surface area contributed by atoms with E-state index in [-0.39, 0.29) is 10.7 Å². The van der Waals surface area contributed by atoms with Crippen LogP contribution in [0.3, 0.4) is 0 Å². The smallest absolute Gasteiger partial charge is 0.265 e. The van der Waals surface area contributed by atoms with E-state index in [1.807, 2.05) is 0 Å². The van der Waals surface area contributed by atoms with Crippen LogP contribution in [0.25, 0.3) is 0 Å². The van der Waals surface area contributed by atoms with E-state index in [4.69, 9.17) is 0 Å². The maximum atomic E-state index is 12.2. The summed E-state index contributed by atoms with van der Waals surface area (Å²) in [7, 11) is -1.85. The Morgan fingerprint density at radius 3 is 2.89 bits per heavy atom. The van der Waals surface area contributed by atoms with Gasteiger partial charge in [0.15, 0.2) is 5.82 Å². The number of rotatable bonds is 5. The summed E-state index contributed by atoms with van der Waals surface area (Å²) < 4.78 is 27.4. The second-order valence-corrected chi connectivity index (χ2v) is 7.70. The molecule has 0 aliphatic heterocycles. The Balaban J connectivity index is 2.29. The van der Waals surface area contributed by atoms with Gasteiger partial charge >= 0.3 is 0 Å². The van der Waals surface area contributed by atoms with Crippen LogP contribution in [0.15, 0.2) is 33.1 Å². The molecule has 0 aliphatic rings. The van der Waals surface area contributed by atoms with Gasteiger partial charge in [0, 0.05) is 17.6 Å². The number of sulfonamides is 1. The Kier molecular flexibility index (Phi) is 4.50. The van der Waals surface area contributed by atoms with E-state index < -0.39 is 10.0 Å². The summed E-state index contributed by atoms with van der Waals surface area (Å²) in [6.45, 7) is 0.615. The van der Waals surface area contributed by atoms with E-state index in [9.17, 15) is 8.42 Å². The van der Waals surface area contributed by atoms with Crippen LogP contribution in [0.4, 0.5) is 5.82 Å². The number of nitrogens with zero attached hydrogens (tertiary/aromatic N) is 2. The summed E-state index contributed by atoms with van der Waals surface area (Å²) in [5.74, 6) is 0.191. The average molecular weight is 363 g/mol. The van der Waals surface area contributed by atoms with Gasteiger partial charge in [0.1, 0.15) is 4.90 Å². The second kappa shape index (κ2) is 5.95. The van der Waals surface area contributed by atoms with E-state index in [0.29, 0.717) is 10.3 Å². The summed E-state index contributed by atoms with van der Waals surface area (Å²) in [5.41, 5.74) is 0. The van der Waals surface area contributed by atoms with Crippen molar-refractivity contribution in [3.63, 3.8) is 0 Å². The molecule has 0 saturated heterocycles. The third-order valence-corrected chi connectivity index (χ3v) is 5.77. The Hall–Kier alpha value is -1.03. The molecule has 19 heavy (non-hydrogen) atoms. The van der Waals surface area contributed by atoms with Crippen LogP contribution in [0.1, 0.15) is 4.88 Å². The SMILES string of the molecule is CNCc1cc(S(=O)(=O)Nc2cccnn2)c(Br)s1. The molecule has 9 heteroatoms. The van der Waals surface area contributed by atoms with E-state index >= 15 is 0 Å². The number of thiophene rings is 1. The summed E-state index contributed by atoms with van der Waals surface area (Å²) in [4.78, 5) is 1.13. The molecular weight excluding hydrogens is 352 g/mol. The van der Waals surface area contributed by atoms with Crippen molar-refractivity contribution in [2.75, 3.05) is 11.8 Å². The number of hydrogen-bond acceptors (Lipinski definition) is 6. The quantitative estimate of drug-likeness (QED) is 0.847. The largest absolute Gasteiger partial charge is 0.315 e. The summed E-state index contributed by atoms with van der Waals surface area (Å²) in [6, 6.07) is 4.78. The predicted octanol–water partition coefficient (Wildman–Crippen LogP) is 1.82. The van der Waals surface area contributed by atoms with Gasteiger partial charge in [0.05, 0.1) is 3.79 Å². The third kappa shape index (κ3) is 3.50. The fraction of sp³-hybridized carbons (Fsp3) is 0.200. The first-order valence-electron chi connectivity index (χ1n) is 5.26. The minimum absolute atomic E-state index is 0.191. The molecule has 0 spiro atoms. The van der Waals surface area contributed by atoms with Crippen LogP contribution in [0.5, 0.6) is 0 Å². The molecule has 0 aromatic carbocycles. The van der Waals surface area contributed by atoms with Gasteiger partial charge in [-0.1, -0.05) is 0 Å². The van der Waals surface area contributed by atoms with E-state index in [1.165, 1.54) is 17.5 Å². The predicted molar refractivity (Wildman–Crippen MR) is 77.6 cm³/mol. The molecule has 0 unspecified atom stereocenters. The molecule has 2 aromatic rings. The fourth-order valence-electron chi connectivity index (χ4n) is 1.39. The molecular formula is C10H11BrN4O2S2. The standard InChI is InChI=1S/C10H11BrN4O2S2/c1-12-6-7-5-8(10(11)18-7)19(16,17)15-9-3-2-4-13-14-9/h2-5,12H,6H2,1H3,(H,14,15). The molecule has 6 nitrogen and oxygen atoms in total. The van der Waals surface area contributed by atoms with Gasteiger partial charge in [-0.15, -0.1) is 16.4 Å². The summed E-state index contributed by atoms with van der Waals surface area (Å²) >= 11 is 4.65. The van der Waals surface area contributed by atoms with Crippen LogP contribution in [-0.2, 0) is 16.6 Å². The van der Waals surface area contributed by atoms with Crippen molar-refractivity contribution in [1.29, 1.82) is 0 Å². The Morgan fingerprint density at radius 2 is 2.26 bits per heavy atom.